The van der Waals surface area contributed by atoms with E-state index in [9.17, 15) is 9.90 Å². The van der Waals surface area contributed by atoms with Gasteiger partial charge >= 0.3 is 0 Å². The maximum absolute atomic E-state index is 12.7. The second-order valence-corrected chi connectivity index (χ2v) is 9.20. The Balaban J connectivity index is 1.55. The summed E-state index contributed by atoms with van der Waals surface area (Å²) in [6, 6.07) is 19.7. The summed E-state index contributed by atoms with van der Waals surface area (Å²) < 4.78 is 12.0. The van der Waals surface area contributed by atoms with E-state index in [1.165, 1.54) is 6.21 Å². The topological polar surface area (TPSA) is 80.2 Å². The van der Waals surface area contributed by atoms with E-state index in [2.05, 4.69) is 17.1 Å². The van der Waals surface area contributed by atoms with Crippen molar-refractivity contribution in [1.82, 2.24) is 5.43 Å². The van der Waals surface area contributed by atoms with Crippen LogP contribution in [0, 0.1) is 0 Å². The summed E-state index contributed by atoms with van der Waals surface area (Å²) in [5.74, 6) is 0.473. The van der Waals surface area contributed by atoms with Crippen LogP contribution in [0.15, 0.2) is 84.5 Å². The molecule has 38 heavy (non-hydrogen) atoms. The number of ether oxygens (including phenoxy) is 2. The second-order valence-electron chi connectivity index (χ2n) is 8.39. The Labute approximate surface area is 231 Å². The first kappa shape index (κ1) is 27.0. The van der Waals surface area contributed by atoms with Gasteiger partial charge in [-0.2, -0.15) is 5.10 Å². The predicted molar refractivity (Wildman–Crippen MR) is 153 cm³/mol. The largest absolute Gasteiger partial charge is 0.507 e. The molecule has 4 aromatic carbocycles. The number of hydrogen-bond acceptors (Lipinski definition) is 5. The van der Waals surface area contributed by atoms with Crippen LogP contribution in [0.2, 0.25) is 10.0 Å². The second kappa shape index (κ2) is 12.5. The average Bonchev–Trinajstić information content (AvgIpc) is 2.90. The molecular weight excluding hydrogens is 523 g/mol. The van der Waals surface area contributed by atoms with E-state index in [0.29, 0.717) is 40.1 Å². The zero-order valence-electron chi connectivity index (χ0n) is 20.7. The summed E-state index contributed by atoms with van der Waals surface area (Å²) in [7, 11) is 0. The standard InChI is InChI=1S/C30H26Cl2N2O4/c1-3-7-23-12-20(14-28(37-4-2)29(23)38-18-19-10-11-25(31)26(32)13-19)17-33-34-30(36)24-15-21-8-5-6-9-22(21)16-27(24)35/h3,5-6,8-17,35H,1,4,7,18H2,2H3,(H,34,36). The molecule has 8 heteroatoms. The van der Waals surface area contributed by atoms with Crippen molar-refractivity contribution in [2.24, 2.45) is 5.10 Å². The summed E-state index contributed by atoms with van der Waals surface area (Å²) in [6.07, 6.45) is 3.80. The number of phenols is 1. The number of allylic oxidation sites excluding steroid dienone is 1. The van der Waals surface area contributed by atoms with Crippen LogP contribution in [0.5, 0.6) is 17.2 Å². The highest BCUT2D eigenvalue weighted by Crippen LogP contribution is 2.35. The molecule has 0 bridgehead atoms. The Bertz CT molecular complexity index is 1520. The molecule has 0 aromatic heterocycles. The Morgan fingerprint density at radius 2 is 1.79 bits per heavy atom. The molecule has 0 aliphatic rings. The molecule has 1 amide bonds. The summed E-state index contributed by atoms with van der Waals surface area (Å²) in [5, 5.41) is 17.0. The molecule has 4 aromatic rings. The van der Waals surface area contributed by atoms with Crippen molar-refractivity contribution < 1.29 is 19.4 Å². The number of halogens is 2. The number of rotatable bonds is 10. The molecular formula is C30H26Cl2N2O4. The highest BCUT2D eigenvalue weighted by atomic mass is 35.5. The number of carbonyl (C=O) groups excluding carboxylic acids is 1. The van der Waals surface area contributed by atoms with E-state index in [4.69, 9.17) is 32.7 Å². The fourth-order valence-corrected chi connectivity index (χ4v) is 4.23. The van der Waals surface area contributed by atoms with Crippen LogP contribution in [0.1, 0.15) is 34.0 Å². The lowest BCUT2D eigenvalue weighted by Gasteiger charge is -2.17. The number of nitrogens with one attached hydrogen (secondary N) is 1. The van der Waals surface area contributed by atoms with Gasteiger partial charge in [-0.15, -0.1) is 6.58 Å². The molecule has 0 aliphatic heterocycles. The lowest BCUT2D eigenvalue weighted by atomic mass is 10.1. The van der Waals surface area contributed by atoms with Crippen LogP contribution >= 0.6 is 23.2 Å². The van der Waals surface area contributed by atoms with Crippen molar-refractivity contribution in [2.75, 3.05) is 6.61 Å². The van der Waals surface area contributed by atoms with Crippen molar-refractivity contribution in [1.29, 1.82) is 0 Å². The van der Waals surface area contributed by atoms with E-state index < -0.39 is 5.91 Å². The first-order valence-electron chi connectivity index (χ1n) is 11.9. The van der Waals surface area contributed by atoms with Crippen LogP contribution in [0.3, 0.4) is 0 Å². The van der Waals surface area contributed by atoms with E-state index in [-0.39, 0.29) is 17.9 Å². The highest BCUT2D eigenvalue weighted by molar-refractivity contribution is 6.42. The van der Waals surface area contributed by atoms with Gasteiger partial charge in [0.1, 0.15) is 12.4 Å². The molecule has 194 valence electrons. The van der Waals surface area contributed by atoms with Gasteiger partial charge in [-0.05, 0) is 71.6 Å². The Hall–Kier alpha value is -4.00. The quantitative estimate of drug-likeness (QED) is 0.123. The summed E-state index contributed by atoms with van der Waals surface area (Å²) in [5.41, 5.74) is 5.00. The minimum absolute atomic E-state index is 0.119. The number of fused-ring (bicyclic) bond motifs is 1. The molecule has 0 saturated carbocycles. The van der Waals surface area contributed by atoms with Gasteiger partial charge < -0.3 is 14.6 Å². The Kier molecular flexibility index (Phi) is 8.89. The van der Waals surface area contributed by atoms with Crippen molar-refractivity contribution in [3.8, 4) is 17.2 Å². The maximum Gasteiger partial charge on any atom is 0.275 e. The first-order valence-corrected chi connectivity index (χ1v) is 12.7. The zero-order valence-corrected chi connectivity index (χ0v) is 22.2. The van der Waals surface area contributed by atoms with Crippen molar-refractivity contribution >= 4 is 46.1 Å². The number of benzene rings is 4. The molecule has 0 spiro atoms. The molecule has 0 atom stereocenters. The lowest BCUT2D eigenvalue weighted by Crippen LogP contribution is -2.17. The SMILES string of the molecule is C=CCc1cc(C=NNC(=O)c2cc3ccccc3cc2O)cc(OCC)c1OCc1ccc(Cl)c(Cl)c1. The maximum atomic E-state index is 12.7. The van der Waals surface area contributed by atoms with Crippen LogP contribution in [-0.4, -0.2) is 23.8 Å². The number of hydrogen-bond donors (Lipinski definition) is 2. The average molecular weight is 549 g/mol. The first-order chi connectivity index (χ1) is 18.4. The van der Waals surface area contributed by atoms with Gasteiger partial charge in [-0.1, -0.05) is 59.6 Å². The van der Waals surface area contributed by atoms with Gasteiger partial charge in [-0.3, -0.25) is 4.79 Å². The van der Waals surface area contributed by atoms with Gasteiger partial charge in [0.05, 0.1) is 28.4 Å². The highest BCUT2D eigenvalue weighted by Gasteiger charge is 2.15. The summed E-state index contributed by atoms with van der Waals surface area (Å²) in [6.45, 7) is 6.42. The minimum Gasteiger partial charge on any atom is -0.507 e. The smallest absolute Gasteiger partial charge is 0.275 e. The Morgan fingerprint density at radius 1 is 1.03 bits per heavy atom. The summed E-state index contributed by atoms with van der Waals surface area (Å²) in [4.78, 5) is 12.7. The molecule has 0 radical (unpaired) electrons. The molecule has 2 N–H and O–H groups in total. The molecule has 0 saturated heterocycles. The molecule has 6 nitrogen and oxygen atoms in total. The number of nitrogens with zero attached hydrogens (tertiary/aromatic N) is 1. The van der Waals surface area contributed by atoms with E-state index in [0.717, 1.165) is 21.9 Å². The predicted octanol–water partition coefficient (Wildman–Crippen LogP) is 7.32. The van der Waals surface area contributed by atoms with Crippen LogP contribution < -0.4 is 14.9 Å². The molecule has 0 fully saturated rings. The van der Waals surface area contributed by atoms with Gasteiger partial charge in [0.25, 0.3) is 5.91 Å². The van der Waals surface area contributed by atoms with Gasteiger partial charge in [0.2, 0.25) is 0 Å². The number of amides is 1. The molecule has 0 heterocycles. The lowest BCUT2D eigenvalue weighted by molar-refractivity contribution is 0.0952. The van der Waals surface area contributed by atoms with Gasteiger partial charge in [0, 0.05) is 5.56 Å². The third-order valence-corrected chi connectivity index (χ3v) is 6.41. The molecule has 0 aliphatic carbocycles. The fourth-order valence-electron chi connectivity index (χ4n) is 3.91. The zero-order chi connectivity index (χ0) is 27.1. The van der Waals surface area contributed by atoms with E-state index in [1.54, 1.807) is 36.4 Å². The molecule has 4 rings (SSSR count). The van der Waals surface area contributed by atoms with Gasteiger partial charge in [-0.25, -0.2) is 5.43 Å². The Morgan fingerprint density at radius 3 is 2.50 bits per heavy atom. The van der Waals surface area contributed by atoms with Crippen molar-refractivity contribution in [3.63, 3.8) is 0 Å². The number of phenolic OH excluding ortho intramolecular Hbond substituents is 1. The van der Waals surface area contributed by atoms with Crippen molar-refractivity contribution in [3.05, 3.63) is 112 Å². The number of carbonyl (C=O) groups is 1. The van der Waals surface area contributed by atoms with Crippen LogP contribution in [0.4, 0.5) is 0 Å². The number of hydrazone groups is 1. The molecule has 0 unspecified atom stereocenters. The van der Waals surface area contributed by atoms with E-state index >= 15 is 0 Å². The third-order valence-electron chi connectivity index (χ3n) is 5.67. The van der Waals surface area contributed by atoms with E-state index in [1.807, 2.05) is 43.3 Å². The summed E-state index contributed by atoms with van der Waals surface area (Å²) >= 11 is 12.2. The van der Waals surface area contributed by atoms with Crippen LogP contribution in [0.25, 0.3) is 10.8 Å². The third kappa shape index (κ3) is 6.46. The van der Waals surface area contributed by atoms with Crippen molar-refractivity contribution in [2.45, 2.75) is 20.0 Å². The monoisotopic (exact) mass is 548 g/mol. The van der Waals surface area contributed by atoms with Crippen LogP contribution in [-0.2, 0) is 13.0 Å². The number of aromatic hydroxyl groups is 1. The minimum atomic E-state index is -0.526. The van der Waals surface area contributed by atoms with Gasteiger partial charge in [0.15, 0.2) is 11.5 Å². The fraction of sp³-hybridized carbons (Fsp3) is 0.133. The normalized spacial score (nSPS) is 11.0.